The molecule has 1 aromatic carbocycles. The maximum absolute atomic E-state index is 12.2. The van der Waals surface area contributed by atoms with E-state index in [2.05, 4.69) is 17.6 Å². The summed E-state index contributed by atoms with van der Waals surface area (Å²) in [6, 6.07) is 7.50. The number of hydrogen-bond acceptors (Lipinski definition) is 2. The Kier molecular flexibility index (Phi) is 4.55. The number of nitrogens with one attached hydrogen (secondary N) is 2. The van der Waals surface area contributed by atoms with Crippen LogP contribution in [0.3, 0.4) is 0 Å². The number of carbonyl (C=O) groups is 2. The number of benzene rings is 1. The van der Waals surface area contributed by atoms with E-state index in [0.717, 1.165) is 30.5 Å². The normalized spacial score (nSPS) is 17.5. The lowest BCUT2D eigenvalue weighted by molar-refractivity contribution is -0.126. The van der Waals surface area contributed by atoms with Gasteiger partial charge in [0.1, 0.15) is 0 Å². The lowest BCUT2D eigenvalue weighted by Crippen LogP contribution is -2.35. The fourth-order valence-corrected chi connectivity index (χ4v) is 2.36. The Balaban J connectivity index is 2.03. The van der Waals surface area contributed by atoms with Crippen molar-refractivity contribution in [2.75, 3.05) is 11.9 Å². The Labute approximate surface area is 113 Å². The topological polar surface area (TPSA) is 58.2 Å². The highest BCUT2D eigenvalue weighted by Gasteiger charge is 2.29. The molecule has 1 aliphatic rings. The number of fused-ring (bicyclic) bond motifs is 1. The Morgan fingerprint density at radius 3 is 2.95 bits per heavy atom. The Morgan fingerprint density at radius 2 is 2.16 bits per heavy atom. The van der Waals surface area contributed by atoms with Crippen LogP contribution >= 0.6 is 0 Å². The zero-order chi connectivity index (χ0) is 13.7. The SMILES string of the molecule is CCCCCNC(=O)C1CC(=O)Nc2ccccc21. The van der Waals surface area contributed by atoms with Crippen LogP contribution in [0.1, 0.15) is 44.1 Å². The van der Waals surface area contributed by atoms with Gasteiger partial charge < -0.3 is 10.6 Å². The minimum absolute atomic E-state index is 0.0431. The summed E-state index contributed by atoms with van der Waals surface area (Å²) in [4.78, 5) is 23.8. The molecule has 1 aromatic rings. The molecule has 0 spiro atoms. The van der Waals surface area contributed by atoms with E-state index in [0.29, 0.717) is 6.54 Å². The molecule has 0 saturated heterocycles. The van der Waals surface area contributed by atoms with Gasteiger partial charge in [-0.3, -0.25) is 9.59 Å². The fraction of sp³-hybridized carbons (Fsp3) is 0.467. The molecule has 1 aliphatic heterocycles. The van der Waals surface area contributed by atoms with Crippen molar-refractivity contribution in [2.24, 2.45) is 0 Å². The van der Waals surface area contributed by atoms with Crippen LogP contribution in [0.15, 0.2) is 24.3 Å². The molecule has 2 N–H and O–H groups in total. The van der Waals surface area contributed by atoms with Gasteiger partial charge in [-0.25, -0.2) is 0 Å². The van der Waals surface area contributed by atoms with Crippen LogP contribution in [-0.4, -0.2) is 18.4 Å². The molecule has 1 unspecified atom stereocenters. The number of carbonyl (C=O) groups excluding carboxylic acids is 2. The van der Waals surface area contributed by atoms with Crippen molar-refractivity contribution >= 4 is 17.5 Å². The van der Waals surface area contributed by atoms with E-state index in [1.165, 1.54) is 0 Å². The summed E-state index contributed by atoms with van der Waals surface area (Å²) in [7, 11) is 0. The molecule has 19 heavy (non-hydrogen) atoms. The number of anilines is 1. The number of amides is 2. The van der Waals surface area contributed by atoms with E-state index in [1.807, 2.05) is 24.3 Å². The minimum Gasteiger partial charge on any atom is -0.356 e. The second-order valence-electron chi connectivity index (χ2n) is 4.89. The van der Waals surface area contributed by atoms with Crippen molar-refractivity contribution in [3.8, 4) is 0 Å². The largest absolute Gasteiger partial charge is 0.356 e. The van der Waals surface area contributed by atoms with Gasteiger partial charge in [-0.1, -0.05) is 38.0 Å². The van der Waals surface area contributed by atoms with Crippen molar-refractivity contribution in [1.29, 1.82) is 0 Å². The van der Waals surface area contributed by atoms with Gasteiger partial charge in [0, 0.05) is 18.7 Å². The summed E-state index contributed by atoms with van der Waals surface area (Å²) in [6.07, 6.45) is 3.46. The van der Waals surface area contributed by atoms with E-state index in [4.69, 9.17) is 0 Å². The van der Waals surface area contributed by atoms with E-state index in [9.17, 15) is 9.59 Å². The van der Waals surface area contributed by atoms with Crippen LogP contribution in [0, 0.1) is 0 Å². The molecule has 0 aromatic heterocycles. The summed E-state index contributed by atoms with van der Waals surface area (Å²) in [5, 5.41) is 5.73. The van der Waals surface area contributed by atoms with Crippen LogP contribution in [0.5, 0.6) is 0 Å². The minimum atomic E-state index is -0.355. The molecule has 1 atom stereocenters. The van der Waals surface area contributed by atoms with Crippen LogP contribution in [0.2, 0.25) is 0 Å². The standard InChI is InChI=1S/C15H20N2O2/c1-2-3-6-9-16-15(19)12-10-14(18)17-13-8-5-4-7-11(12)13/h4-5,7-8,12H,2-3,6,9-10H2,1H3,(H,16,19)(H,17,18). The third-order valence-corrected chi connectivity index (χ3v) is 3.40. The summed E-state index contributed by atoms with van der Waals surface area (Å²) in [5.74, 6) is -0.489. The molecule has 4 nitrogen and oxygen atoms in total. The fourth-order valence-electron chi connectivity index (χ4n) is 2.36. The highest BCUT2D eigenvalue weighted by Crippen LogP contribution is 2.31. The van der Waals surface area contributed by atoms with E-state index >= 15 is 0 Å². The zero-order valence-corrected chi connectivity index (χ0v) is 11.2. The first-order valence-electron chi connectivity index (χ1n) is 6.89. The molecule has 0 fully saturated rings. The monoisotopic (exact) mass is 260 g/mol. The lowest BCUT2D eigenvalue weighted by Gasteiger charge is -2.24. The van der Waals surface area contributed by atoms with E-state index < -0.39 is 0 Å². The van der Waals surface area contributed by atoms with Gasteiger partial charge in [-0.05, 0) is 18.1 Å². The number of para-hydroxylation sites is 1. The third kappa shape index (κ3) is 3.34. The van der Waals surface area contributed by atoms with Crippen molar-refractivity contribution < 1.29 is 9.59 Å². The molecule has 0 bridgehead atoms. The predicted octanol–water partition coefficient (Wildman–Crippen LogP) is 2.42. The van der Waals surface area contributed by atoms with Crippen LogP contribution in [0.25, 0.3) is 0 Å². The highest BCUT2D eigenvalue weighted by atomic mass is 16.2. The summed E-state index contributed by atoms with van der Waals surface area (Å²) >= 11 is 0. The van der Waals surface area contributed by atoms with Gasteiger partial charge in [0.2, 0.25) is 11.8 Å². The van der Waals surface area contributed by atoms with E-state index in [-0.39, 0.29) is 24.2 Å². The second-order valence-corrected chi connectivity index (χ2v) is 4.89. The van der Waals surface area contributed by atoms with Crippen molar-refractivity contribution in [1.82, 2.24) is 5.32 Å². The third-order valence-electron chi connectivity index (χ3n) is 3.40. The average molecular weight is 260 g/mol. The predicted molar refractivity (Wildman–Crippen MR) is 75.0 cm³/mol. The van der Waals surface area contributed by atoms with Crippen molar-refractivity contribution in [3.63, 3.8) is 0 Å². The summed E-state index contributed by atoms with van der Waals surface area (Å²) in [5.41, 5.74) is 1.67. The summed E-state index contributed by atoms with van der Waals surface area (Å²) in [6.45, 7) is 2.82. The van der Waals surface area contributed by atoms with Gasteiger partial charge in [0.15, 0.2) is 0 Å². The van der Waals surface area contributed by atoms with Crippen LogP contribution in [0.4, 0.5) is 5.69 Å². The maximum atomic E-state index is 12.2. The Morgan fingerprint density at radius 1 is 1.37 bits per heavy atom. The zero-order valence-electron chi connectivity index (χ0n) is 11.2. The van der Waals surface area contributed by atoms with Gasteiger partial charge in [-0.2, -0.15) is 0 Å². The average Bonchev–Trinajstić information content (AvgIpc) is 2.42. The molecule has 4 heteroatoms. The van der Waals surface area contributed by atoms with Crippen molar-refractivity contribution in [2.45, 2.75) is 38.5 Å². The number of rotatable bonds is 5. The second kappa shape index (κ2) is 6.36. The molecule has 2 amide bonds. The van der Waals surface area contributed by atoms with Gasteiger partial charge in [0.05, 0.1) is 5.92 Å². The first-order valence-corrected chi connectivity index (χ1v) is 6.89. The first kappa shape index (κ1) is 13.6. The Bertz CT molecular complexity index is 471. The quantitative estimate of drug-likeness (QED) is 0.799. The molecule has 0 aliphatic carbocycles. The van der Waals surface area contributed by atoms with Crippen molar-refractivity contribution in [3.05, 3.63) is 29.8 Å². The molecule has 1 heterocycles. The molecule has 102 valence electrons. The maximum Gasteiger partial charge on any atom is 0.228 e. The number of unbranched alkanes of at least 4 members (excludes halogenated alkanes) is 2. The Hall–Kier alpha value is -1.84. The summed E-state index contributed by atoms with van der Waals surface area (Å²) < 4.78 is 0. The highest BCUT2D eigenvalue weighted by molar-refractivity contribution is 6.01. The van der Waals surface area contributed by atoms with Crippen LogP contribution in [-0.2, 0) is 9.59 Å². The number of hydrogen-bond donors (Lipinski definition) is 2. The molecule has 0 radical (unpaired) electrons. The van der Waals surface area contributed by atoms with Crippen LogP contribution < -0.4 is 10.6 Å². The lowest BCUT2D eigenvalue weighted by atomic mass is 9.90. The first-order chi connectivity index (χ1) is 9.22. The molecular weight excluding hydrogens is 240 g/mol. The smallest absolute Gasteiger partial charge is 0.228 e. The van der Waals surface area contributed by atoms with Gasteiger partial charge in [-0.15, -0.1) is 0 Å². The van der Waals surface area contributed by atoms with E-state index in [1.54, 1.807) is 0 Å². The van der Waals surface area contributed by atoms with Gasteiger partial charge in [0.25, 0.3) is 0 Å². The van der Waals surface area contributed by atoms with Gasteiger partial charge >= 0.3 is 0 Å². The molecule has 2 rings (SSSR count). The molecule has 0 saturated carbocycles. The molecular formula is C15H20N2O2.